The monoisotopic (exact) mass is 184 g/mol. The zero-order valence-corrected chi connectivity index (χ0v) is 7.96. The topological polar surface area (TPSA) is 20.2 Å². The standard InChI is InChI=1S/C13H12O/c14-13-5-4-11-6-9-2-1-3-10(9)7-12(11)8-13/h4-8,14H,1-3H2. The van der Waals surface area contributed by atoms with E-state index in [9.17, 15) is 5.11 Å². The maximum absolute atomic E-state index is 9.38. The summed E-state index contributed by atoms with van der Waals surface area (Å²) in [5.74, 6) is 0.357. The highest BCUT2D eigenvalue weighted by Gasteiger charge is 2.11. The van der Waals surface area contributed by atoms with Crippen LogP contribution in [-0.4, -0.2) is 5.11 Å². The number of hydrogen-bond donors (Lipinski definition) is 1. The molecule has 0 fully saturated rings. The van der Waals surface area contributed by atoms with E-state index < -0.39 is 0 Å². The highest BCUT2D eigenvalue weighted by Crippen LogP contribution is 2.28. The summed E-state index contributed by atoms with van der Waals surface area (Å²) in [5, 5.41) is 11.8. The summed E-state index contributed by atoms with van der Waals surface area (Å²) in [6.07, 6.45) is 3.69. The second-order valence-electron chi connectivity index (χ2n) is 4.01. The second-order valence-corrected chi connectivity index (χ2v) is 4.01. The molecule has 1 heteroatoms. The molecule has 0 spiro atoms. The van der Waals surface area contributed by atoms with Crippen molar-refractivity contribution in [3.8, 4) is 5.75 Å². The number of aromatic hydroxyl groups is 1. The molecule has 1 aliphatic carbocycles. The largest absolute Gasteiger partial charge is 0.508 e. The average molecular weight is 184 g/mol. The minimum absolute atomic E-state index is 0.357. The Morgan fingerprint density at radius 1 is 0.857 bits per heavy atom. The number of phenolic OH excluding ortho intramolecular Hbond substituents is 1. The van der Waals surface area contributed by atoms with Crippen LogP contribution >= 0.6 is 0 Å². The van der Waals surface area contributed by atoms with Gasteiger partial charge in [-0.05, 0) is 53.3 Å². The normalized spacial score (nSPS) is 14.6. The molecule has 0 bridgehead atoms. The SMILES string of the molecule is Oc1ccc2cc3c(cc2c1)CCC3. The quantitative estimate of drug-likeness (QED) is 0.667. The van der Waals surface area contributed by atoms with Gasteiger partial charge in [-0.3, -0.25) is 0 Å². The molecule has 1 aliphatic rings. The number of fused-ring (bicyclic) bond motifs is 2. The van der Waals surface area contributed by atoms with Crippen molar-refractivity contribution >= 4 is 10.8 Å². The van der Waals surface area contributed by atoms with Crippen molar-refractivity contribution < 1.29 is 5.11 Å². The van der Waals surface area contributed by atoms with Crippen LogP contribution in [0.25, 0.3) is 10.8 Å². The summed E-state index contributed by atoms with van der Waals surface area (Å²) < 4.78 is 0. The molecular weight excluding hydrogens is 172 g/mol. The maximum atomic E-state index is 9.38. The van der Waals surface area contributed by atoms with Crippen molar-refractivity contribution in [3.05, 3.63) is 41.5 Å². The van der Waals surface area contributed by atoms with Gasteiger partial charge in [0.2, 0.25) is 0 Å². The highest BCUT2D eigenvalue weighted by atomic mass is 16.3. The average Bonchev–Trinajstić information content (AvgIpc) is 2.61. The minimum Gasteiger partial charge on any atom is -0.508 e. The van der Waals surface area contributed by atoms with Crippen molar-refractivity contribution in [2.45, 2.75) is 19.3 Å². The molecule has 70 valence electrons. The molecule has 0 amide bonds. The Morgan fingerprint density at radius 2 is 1.57 bits per heavy atom. The van der Waals surface area contributed by atoms with E-state index in [1.54, 1.807) is 6.07 Å². The first-order chi connectivity index (χ1) is 6.83. The fourth-order valence-corrected chi connectivity index (χ4v) is 2.31. The second kappa shape index (κ2) is 2.74. The summed E-state index contributed by atoms with van der Waals surface area (Å²) in [6, 6.07) is 10.1. The lowest BCUT2D eigenvalue weighted by atomic mass is 10.0. The van der Waals surface area contributed by atoms with E-state index >= 15 is 0 Å². The predicted molar refractivity (Wildman–Crippen MR) is 57.6 cm³/mol. The number of rotatable bonds is 0. The van der Waals surface area contributed by atoms with Crippen LogP contribution in [0.5, 0.6) is 5.75 Å². The smallest absolute Gasteiger partial charge is 0.116 e. The highest BCUT2D eigenvalue weighted by molar-refractivity contribution is 5.85. The van der Waals surface area contributed by atoms with Gasteiger partial charge in [-0.15, -0.1) is 0 Å². The lowest BCUT2D eigenvalue weighted by Crippen LogP contribution is -1.82. The molecule has 2 aromatic rings. The lowest BCUT2D eigenvalue weighted by Gasteiger charge is -2.03. The third-order valence-corrected chi connectivity index (χ3v) is 3.03. The molecule has 0 saturated carbocycles. The molecule has 0 atom stereocenters. The summed E-state index contributed by atoms with van der Waals surface area (Å²) >= 11 is 0. The van der Waals surface area contributed by atoms with Crippen molar-refractivity contribution in [2.24, 2.45) is 0 Å². The van der Waals surface area contributed by atoms with Crippen LogP contribution in [0.4, 0.5) is 0 Å². The summed E-state index contributed by atoms with van der Waals surface area (Å²) in [7, 11) is 0. The molecule has 0 saturated heterocycles. The Labute approximate surface area is 83.0 Å². The maximum Gasteiger partial charge on any atom is 0.116 e. The van der Waals surface area contributed by atoms with Gasteiger partial charge in [0.15, 0.2) is 0 Å². The van der Waals surface area contributed by atoms with Gasteiger partial charge in [0.05, 0.1) is 0 Å². The Kier molecular flexibility index (Phi) is 1.54. The van der Waals surface area contributed by atoms with Crippen molar-refractivity contribution in [1.29, 1.82) is 0 Å². The number of aryl methyl sites for hydroxylation is 2. The number of hydrogen-bond acceptors (Lipinski definition) is 1. The predicted octanol–water partition coefficient (Wildman–Crippen LogP) is 3.03. The van der Waals surface area contributed by atoms with E-state index in [1.165, 1.54) is 35.8 Å². The zero-order chi connectivity index (χ0) is 9.54. The number of phenols is 1. The van der Waals surface area contributed by atoms with Crippen LogP contribution in [0, 0.1) is 0 Å². The molecule has 3 rings (SSSR count). The van der Waals surface area contributed by atoms with E-state index in [4.69, 9.17) is 0 Å². The van der Waals surface area contributed by atoms with E-state index in [0.717, 1.165) is 5.39 Å². The lowest BCUT2D eigenvalue weighted by molar-refractivity contribution is 0.476. The molecule has 0 heterocycles. The Bertz CT molecular complexity index is 500. The Balaban J connectivity index is 2.33. The van der Waals surface area contributed by atoms with Crippen LogP contribution in [0.1, 0.15) is 17.5 Å². The fourth-order valence-electron chi connectivity index (χ4n) is 2.31. The van der Waals surface area contributed by atoms with E-state index in [0.29, 0.717) is 5.75 Å². The van der Waals surface area contributed by atoms with Crippen LogP contribution in [0.15, 0.2) is 30.3 Å². The minimum atomic E-state index is 0.357. The van der Waals surface area contributed by atoms with Crippen LogP contribution in [0.3, 0.4) is 0 Å². The van der Waals surface area contributed by atoms with Gasteiger partial charge in [-0.25, -0.2) is 0 Å². The van der Waals surface area contributed by atoms with Gasteiger partial charge in [0.1, 0.15) is 5.75 Å². The first-order valence-electron chi connectivity index (χ1n) is 5.07. The van der Waals surface area contributed by atoms with Gasteiger partial charge >= 0.3 is 0 Å². The molecule has 1 nitrogen and oxygen atoms in total. The first-order valence-corrected chi connectivity index (χ1v) is 5.07. The number of benzene rings is 2. The van der Waals surface area contributed by atoms with E-state index in [-0.39, 0.29) is 0 Å². The van der Waals surface area contributed by atoms with Crippen LogP contribution in [0.2, 0.25) is 0 Å². The summed E-state index contributed by atoms with van der Waals surface area (Å²) in [5.41, 5.74) is 2.95. The molecule has 0 aromatic heterocycles. The first kappa shape index (κ1) is 7.86. The van der Waals surface area contributed by atoms with Gasteiger partial charge in [-0.1, -0.05) is 18.2 Å². The van der Waals surface area contributed by atoms with Crippen LogP contribution in [-0.2, 0) is 12.8 Å². The van der Waals surface area contributed by atoms with Crippen molar-refractivity contribution in [1.82, 2.24) is 0 Å². The Morgan fingerprint density at radius 3 is 2.36 bits per heavy atom. The molecular formula is C13H12O. The fraction of sp³-hybridized carbons (Fsp3) is 0.231. The van der Waals surface area contributed by atoms with Gasteiger partial charge in [-0.2, -0.15) is 0 Å². The molecule has 0 unspecified atom stereocenters. The molecule has 0 radical (unpaired) electrons. The van der Waals surface area contributed by atoms with Gasteiger partial charge < -0.3 is 5.11 Å². The molecule has 14 heavy (non-hydrogen) atoms. The summed E-state index contributed by atoms with van der Waals surface area (Å²) in [4.78, 5) is 0. The van der Waals surface area contributed by atoms with Gasteiger partial charge in [0, 0.05) is 0 Å². The third-order valence-electron chi connectivity index (χ3n) is 3.03. The zero-order valence-electron chi connectivity index (χ0n) is 7.96. The Hall–Kier alpha value is -1.50. The molecule has 2 aromatic carbocycles. The molecule has 0 aliphatic heterocycles. The van der Waals surface area contributed by atoms with E-state index in [2.05, 4.69) is 12.1 Å². The summed E-state index contributed by atoms with van der Waals surface area (Å²) in [6.45, 7) is 0. The van der Waals surface area contributed by atoms with Crippen molar-refractivity contribution in [2.75, 3.05) is 0 Å². The van der Waals surface area contributed by atoms with E-state index in [1.807, 2.05) is 12.1 Å². The van der Waals surface area contributed by atoms with Crippen LogP contribution < -0.4 is 0 Å². The third kappa shape index (κ3) is 1.09. The molecule has 1 N–H and O–H groups in total. The van der Waals surface area contributed by atoms with Crippen molar-refractivity contribution in [3.63, 3.8) is 0 Å². The van der Waals surface area contributed by atoms with Gasteiger partial charge in [0.25, 0.3) is 0 Å².